The molecule has 4 rings (SSSR count). The number of methoxy groups -OCH3 is 1. The fraction of sp³-hybridized carbons (Fsp3) is 0.640. The minimum atomic E-state index is -2.62. The number of anilines is 1. The van der Waals surface area contributed by atoms with Gasteiger partial charge in [-0.25, -0.2) is 0 Å². The summed E-state index contributed by atoms with van der Waals surface area (Å²) in [4.78, 5) is 25.6. The molecule has 1 fully saturated rings. The molecule has 0 bridgehead atoms. The van der Waals surface area contributed by atoms with E-state index >= 15 is 0 Å². The molecule has 10 heteroatoms. The van der Waals surface area contributed by atoms with Gasteiger partial charge in [0.05, 0.1) is 11.8 Å². The molecule has 2 aliphatic rings. The van der Waals surface area contributed by atoms with Crippen molar-refractivity contribution in [3.8, 4) is 5.75 Å². The summed E-state index contributed by atoms with van der Waals surface area (Å²) in [5.74, 6) is 0.919. The molecule has 192 valence electrons. The molecule has 9 nitrogen and oxygen atoms in total. The summed E-state index contributed by atoms with van der Waals surface area (Å²) < 4.78 is 14.3. The van der Waals surface area contributed by atoms with Crippen LogP contribution in [0.3, 0.4) is 0 Å². The summed E-state index contributed by atoms with van der Waals surface area (Å²) in [6.45, 7) is 7.40. The normalized spacial score (nSPS) is 23.7. The van der Waals surface area contributed by atoms with Crippen LogP contribution in [-0.2, 0) is 22.5 Å². The number of rotatable bonds is 9. The zero-order chi connectivity index (χ0) is 25.2. The van der Waals surface area contributed by atoms with Crippen molar-refractivity contribution < 1.29 is 24.2 Å². The molecular formula is C25H38N4O5Si. The smallest absolute Gasteiger partial charge is 0.226 e. The Labute approximate surface area is 208 Å². The maximum atomic E-state index is 12.5. The molecule has 2 N–H and O–H groups in total. The van der Waals surface area contributed by atoms with Crippen LogP contribution >= 0.6 is 0 Å². The fourth-order valence-electron chi connectivity index (χ4n) is 5.48. The van der Waals surface area contributed by atoms with Gasteiger partial charge in [0.1, 0.15) is 11.9 Å². The van der Waals surface area contributed by atoms with E-state index in [0.29, 0.717) is 25.8 Å². The number of carbonyl (C=O) groups excluding carboxylic acids is 1. The first-order chi connectivity index (χ1) is 16.7. The van der Waals surface area contributed by atoms with Crippen LogP contribution in [0.25, 0.3) is 0 Å². The number of aryl methyl sites for hydroxylation is 1. The number of benzene rings is 1. The van der Waals surface area contributed by atoms with E-state index in [1.54, 1.807) is 11.8 Å². The van der Waals surface area contributed by atoms with Gasteiger partial charge in [-0.3, -0.25) is 9.48 Å². The molecule has 0 aliphatic carbocycles. The number of nitrogens with zero attached hydrogens (tertiary/aromatic N) is 4. The summed E-state index contributed by atoms with van der Waals surface area (Å²) in [5.41, 5.74) is 2.54. The van der Waals surface area contributed by atoms with Crippen LogP contribution in [0.1, 0.15) is 50.0 Å². The van der Waals surface area contributed by atoms with Gasteiger partial charge >= 0.3 is 0 Å². The second-order valence-corrected chi connectivity index (χ2v) is 14.4. The quantitative estimate of drug-likeness (QED) is 0.507. The van der Waals surface area contributed by atoms with Crippen LogP contribution in [0.4, 0.5) is 5.69 Å². The van der Waals surface area contributed by atoms with Crippen molar-refractivity contribution in [1.82, 2.24) is 15.0 Å². The van der Waals surface area contributed by atoms with E-state index in [2.05, 4.69) is 17.2 Å². The second kappa shape index (κ2) is 10.8. The predicted octanol–water partition coefficient (Wildman–Crippen LogP) is 3.07. The lowest BCUT2D eigenvalue weighted by Crippen LogP contribution is -2.48. The third-order valence-electron chi connectivity index (χ3n) is 7.37. The number of carbonyl (C=O) groups is 1. The molecule has 1 amide bonds. The molecular weight excluding hydrogens is 464 g/mol. The number of hydrogen-bond donors (Lipinski definition) is 2. The zero-order valence-corrected chi connectivity index (χ0v) is 22.2. The van der Waals surface area contributed by atoms with Gasteiger partial charge in [-0.15, -0.1) is 5.10 Å². The summed E-state index contributed by atoms with van der Waals surface area (Å²) in [5, 5.41) is 17.4. The first-order valence-corrected chi connectivity index (χ1v) is 15.6. The van der Waals surface area contributed by atoms with Crippen LogP contribution < -0.4 is 9.64 Å². The number of aliphatic hydroxyl groups excluding tert-OH is 1. The molecule has 1 unspecified atom stereocenters. The maximum Gasteiger partial charge on any atom is 0.226 e. The van der Waals surface area contributed by atoms with Crippen molar-refractivity contribution in [2.75, 3.05) is 25.2 Å². The number of ether oxygens (including phenoxy) is 2. The number of hydrogen-bond acceptors (Lipinski definition) is 7. The van der Waals surface area contributed by atoms with Crippen molar-refractivity contribution in [2.24, 2.45) is 5.92 Å². The van der Waals surface area contributed by atoms with Gasteiger partial charge in [0.15, 0.2) is 8.32 Å². The van der Waals surface area contributed by atoms with E-state index in [9.17, 15) is 9.59 Å². The number of fused-ring (bicyclic) bond motifs is 1. The highest BCUT2D eigenvalue weighted by Gasteiger charge is 2.46. The van der Waals surface area contributed by atoms with Gasteiger partial charge in [0.2, 0.25) is 5.91 Å². The van der Waals surface area contributed by atoms with Crippen molar-refractivity contribution in [3.63, 3.8) is 0 Å². The van der Waals surface area contributed by atoms with Gasteiger partial charge in [-0.2, -0.15) is 0 Å². The molecule has 4 atom stereocenters. The van der Waals surface area contributed by atoms with Crippen molar-refractivity contribution in [2.45, 2.75) is 76.4 Å². The number of aromatic nitrogens is 3. The standard InChI is InChI=1S/C25H38N4O5Si/c1-17-24(33-2)20-15-19(29-12-6-5-7-23(29)31)8-9-21(20)34-25(17)22(35(3,4)32)10-13-28-16-18(11-14-30)26-27-28/h8-9,15-17,22,24-25,30,32H,5-7,10-14H2,1-4H3/t17-,22?,24-,25-/m0/s1. The Morgan fingerprint density at radius 1 is 1.31 bits per heavy atom. The van der Waals surface area contributed by atoms with Crippen LogP contribution in [0.2, 0.25) is 18.6 Å². The maximum absolute atomic E-state index is 12.5. The number of amides is 1. The average molecular weight is 503 g/mol. The van der Waals surface area contributed by atoms with Gasteiger partial charge in [0.25, 0.3) is 0 Å². The zero-order valence-electron chi connectivity index (χ0n) is 21.2. The Morgan fingerprint density at radius 2 is 2.11 bits per heavy atom. The Kier molecular flexibility index (Phi) is 7.95. The highest BCUT2D eigenvalue weighted by molar-refractivity contribution is 6.71. The van der Waals surface area contributed by atoms with Gasteiger partial charge < -0.3 is 24.3 Å². The Hall–Kier alpha value is -2.27. The van der Waals surface area contributed by atoms with Gasteiger partial charge in [0, 0.05) is 68.6 Å². The van der Waals surface area contributed by atoms with Crippen molar-refractivity contribution in [1.29, 1.82) is 0 Å². The Morgan fingerprint density at radius 3 is 2.80 bits per heavy atom. The van der Waals surface area contributed by atoms with Crippen LogP contribution in [0, 0.1) is 5.92 Å². The van der Waals surface area contributed by atoms with E-state index in [4.69, 9.17) is 14.6 Å². The van der Waals surface area contributed by atoms with Gasteiger partial charge in [-0.05, 0) is 50.6 Å². The predicted molar refractivity (Wildman–Crippen MR) is 135 cm³/mol. The van der Waals surface area contributed by atoms with E-state index in [1.807, 2.05) is 42.4 Å². The molecule has 1 aromatic carbocycles. The molecule has 3 heterocycles. The third-order valence-corrected chi connectivity index (χ3v) is 9.81. The fourth-order valence-corrected chi connectivity index (χ4v) is 7.49. The topological polar surface area (TPSA) is 110 Å². The molecule has 2 aliphatic heterocycles. The number of aliphatic hydroxyl groups is 1. The summed E-state index contributed by atoms with van der Waals surface area (Å²) in [6, 6.07) is 5.93. The molecule has 2 aromatic rings. The van der Waals surface area contributed by atoms with E-state index in [-0.39, 0.29) is 36.2 Å². The molecule has 1 saturated heterocycles. The van der Waals surface area contributed by atoms with Crippen LogP contribution in [0.15, 0.2) is 24.4 Å². The second-order valence-electron chi connectivity index (χ2n) is 10.3. The SMILES string of the molecule is CO[C@@H]1c2cc(N3CCCCC3=O)ccc2O[C@H](C(CCn2cc(CCO)nn2)[Si](C)(C)O)[C@H]1C. The highest BCUT2D eigenvalue weighted by atomic mass is 28.4. The van der Waals surface area contributed by atoms with Crippen LogP contribution in [0.5, 0.6) is 5.75 Å². The summed E-state index contributed by atoms with van der Waals surface area (Å²) in [6.07, 6.45) is 5.14. The third kappa shape index (κ3) is 5.60. The van der Waals surface area contributed by atoms with Crippen LogP contribution in [-0.4, -0.2) is 65.5 Å². The molecule has 35 heavy (non-hydrogen) atoms. The lowest BCUT2D eigenvalue weighted by molar-refractivity contribution is -0.119. The van der Waals surface area contributed by atoms with E-state index < -0.39 is 8.32 Å². The van der Waals surface area contributed by atoms with E-state index in [0.717, 1.165) is 42.1 Å². The Bertz CT molecular complexity index is 1020. The van der Waals surface area contributed by atoms with Crippen molar-refractivity contribution >= 4 is 19.9 Å². The first kappa shape index (κ1) is 25.8. The van der Waals surface area contributed by atoms with Crippen molar-refractivity contribution in [3.05, 3.63) is 35.7 Å². The number of piperidine rings is 1. The Balaban J connectivity index is 1.57. The largest absolute Gasteiger partial charge is 0.490 e. The average Bonchev–Trinajstić information content (AvgIpc) is 3.26. The summed E-state index contributed by atoms with van der Waals surface area (Å²) in [7, 11) is -0.914. The lowest BCUT2D eigenvalue weighted by atomic mass is 9.86. The molecule has 0 radical (unpaired) electrons. The van der Waals surface area contributed by atoms with E-state index in [1.165, 1.54) is 0 Å². The molecule has 1 aromatic heterocycles. The molecule has 0 spiro atoms. The minimum Gasteiger partial charge on any atom is -0.490 e. The van der Waals surface area contributed by atoms with Gasteiger partial charge in [-0.1, -0.05) is 12.1 Å². The first-order valence-electron chi connectivity index (χ1n) is 12.6. The highest BCUT2D eigenvalue weighted by Crippen LogP contribution is 2.47. The monoisotopic (exact) mass is 502 g/mol. The summed E-state index contributed by atoms with van der Waals surface area (Å²) >= 11 is 0. The molecule has 0 saturated carbocycles. The lowest BCUT2D eigenvalue weighted by Gasteiger charge is -2.44. The minimum absolute atomic E-state index is 0.00410.